The number of carbonyl (C=O) groups excluding carboxylic acids is 1. The first kappa shape index (κ1) is 12.1. The summed E-state index contributed by atoms with van der Waals surface area (Å²) in [5, 5.41) is 0. The van der Waals surface area contributed by atoms with Gasteiger partial charge in [-0.3, -0.25) is 4.79 Å². The van der Waals surface area contributed by atoms with Gasteiger partial charge in [0.25, 0.3) is 0 Å². The number of rotatable bonds is 4. The van der Waals surface area contributed by atoms with Crippen LogP contribution in [0.15, 0.2) is 18.2 Å². The second-order valence-corrected chi connectivity index (χ2v) is 4.52. The maximum atomic E-state index is 11.9. The lowest BCUT2D eigenvalue weighted by molar-refractivity contribution is -0.118. The molecule has 0 spiro atoms. The van der Waals surface area contributed by atoms with Crippen molar-refractivity contribution in [1.29, 1.82) is 0 Å². The van der Waals surface area contributed by atoms with Crippen molar-refractivity contribution in [3.8, 4) is 0 Å². The molecule has 17 heavy (non-hydrogen) atoms. The third-order valence-electron chi connectivity index (χ3n) is 3.17. The zero-order valence-corrected chi connectivity index (χ0v) is 10.5. The van der Waals surface area contributed by atoms with E-state index in [1.807, 2.05) is 4.90 Å². The van der Waals surface area contributed by atoms with Gasteiger partial charge in [0.2, 0.25) is 5.91 Å². The molecule has 2 rings (SSSR count). The molecule has 92 valence electrons. The lowest BCUT2D eigenvalue weighted by Crippen LogP contribution is -2.36. The number of anilines is 1. The number of hydrogen-bond donors (Lipinski definition) is 0. The van der Waals surface area contributed by atoms with Gasteiger partial charge in [-0.1, -0.05) is 12.1 Å². The Hall–Kier alpha value is -1.35. The van der Waals surface area contributed by atoms with Gasteiger partial charge in [0.15, 0.2) is 0 Å². The first-order valence-corrected chi connectivity index (χ1v) is 6.11. The van der Waals surface area contributed by atoms with E-state index < -0.39 is 0 Å². The molecule has 1 aliphatic rings. The van der Waals surface area contributed by atoms with Gasteiger partial charge in [0.1, 0.15) is 0 Å². The van der Waals surface area contributed by atoms with Crippen LogP contribution in [0.4, 0.5) is 5.69 Å². The number of carbonyl (C=O) groups is 1. The summed E-state index contributed by atoms with van der Waals surface area (Å²) in [4.78, 5) is 13.9. The number of methoxy groups -OCH3 is 1. The predicted molar refractivity (Wildman–Crippen MR) is 68.3 cm³/mol. The molecule has 1 heterocycles. The van der Waals surface area contributed by atoms with Crippen LogP contribution in [0.5, 0.6) is 0 Å². The molecule has 1 aromatic carbocycles. The van der Waals surface area contributed by atoms with Crippen LogP contribution in [0.25, 0.3) is 0 Å². The molecule has 1 amide bonds. The molecule has 1 aromatic rings. The third-order valence-corrected chi connectivity index (χ3v) is 3.17. The molecular formula is C14H19NO2. The Morgan fingerprint density at radius 1 is 1.35 bits per heavy atom. The summed E-state index contributed by atoms with van der Waals surface area (Å²) in [7, 11) is 1.69. The van der Waals surface area contributed by atoms with Crippen LogP contribution < -0.4 is 4.90 Å². The number of benzene rings is 1. The van der Waals surface area contributed by atoms with Gasteiger partial charge in [0.05, 0.1) is 0 Å². The summed E-state index contributed by atoms with van der Waals surface area (Å²) in [6.07, 6.45) is 2.38. The van der Waals surface area contributed by atoms with Crippen LogP contribution in [0.2, 0.25) is 0 Å². The van der Waals surface area contributed by atoms with E-state index in [1.54, 1.807) is 7.11 Å². The van der Waals surface area contributed by atoms with E-state index in [-0.39, 0.29) is 5.91 Å². The van der Waals surface area contributed by atoms with Crippen LogP contribution in [0.1, 0.15) is 24.0 Å². The third kappa shape index (κ3) is 2.67. The van der Waals surface area contributed by atoms with E-state index in [4.69, 9.17) is 4.74 Å². The van der Waals surface area contributed by atoms with E-state index in [2.05, 4.69) is 25.1 Å². The smallest absolute Gasteiger partial charge is 0.227 e. The van der Waals surface area contributed by atoms with Crippen LogP contribution >= 0.6 is 0 Å². The Balaban J connectivity index is 2.20. The van der Waals surface area contributed by atoms with Gasteiger partial charge in [-0.05, 0) is 37.0 Å². The molecule has 3 heteroatoms. The maximum Gasteiger partial charge on any atom is 0.227 e. The van der Waals surface area contributed by atoms with E-state index in [0.29, 0.717) is 13.0 Å². The van der Waals surface area contributed by atoms with E-state index in [0.717, 1.165) is 25.1 Å². The maximum absolute atomic E-state index is 11.9. The normalized spacial score (nSPS) is 14.9. The number of nitrogens with zero attached hydrogens (tertiary/aromatic N) is 1. The van der Waals surface area contributed by atoms with Crippen molar-refractivity contribution in [3.63, 3.8) is 0 Å². The first-order chi connectivity index (χ1) is 8.22. The van der Waals surface area contributed by atoms with Gasteiger partial charge >= 0.3 is 0 Å². The SMILES string of the molecule is COCCCN1C(=O)CCc2ccc(C)cc21. The lowest BCUT2D eigenvalue weighted by Gasteiger charge is -2.29. The lowest BCUT2D eigenvalue weighted by atomic mass is 9.99. The molecule has 0 saturated carbocycles. The molecule has 0 fully saturated rings. The van der Waals surface area contributed by atoms with Crippen LogP contribution in [0.3, 0.4) is 0 Å². The topological polar surface area (TPSA) is 29.5 Å². The van der Waals surface area contributed by atoms with Crippen molar-refractivity contribution in [2.45, 2.75) is 26.2 Å². The Kier molecular flexibility index (Phi) is 3.79. The highest BCUT2D eigenvalue weighted by atomic mass is 16.5. The minimum absolute atomic E-state index is 0.235. The fraction of sp³-hybridized carbons (Fsp3) is 0.500. The van der Waals surface area contributed by atoms with Crippen LogP contribution in [-0.2, 0) is 16.0 Å². The van der Waals surface area contributed by atoms with E-state index in [9.17, 15) is 4.79 Å². The molecule has 0 saturated heterocycles. The Morgan fingerprint density at radius 2 is 2.18 bits per heavy atom. The Labute approximate surface area is 102 Å². The zero-order chi connectivity index (χ0) is 12.3. The molecule has 0 radical (unpaired) electrons. The summed E-state index contributed by atoms with van der Waals surface area (Å²) < 4.78 is 5.04. The summed E-state index contributed by atoms with van der Waals surface area (Å²) in [5.74, 6) is 0.235. The number of ether oxygens (including phenoxy) is 1. The summed E-state index contributed by atoms with van der Waals surface area (Å²) in [5.41, 5.74) is 3.58. The number of amides is 1. The molecule has 0 unspecified atom stereocenters. The number of fused-ring (bicyclic) bond motifs is 1. The van der Waals surface area contributed by atoms with Crippen molar-refractivity contribution in [2.24, 2.45) is 0 Å². The zero-order valence-electron chi connectivity index (χ0n) is 10.5. The first-order valence-electron chi connectivity index (χ1n) is 6.11. The summed E-state index contributed by atoms with van der Waals surface area (Å²) in [6.45, 7) is 3.51. The Bertz CT molecular complexity index is 415. The standard InChI is InChI=1S/C14H19NO2/c1-11-4-5-12-6-7-14(16)15(13(12)10-11)8-3-9-17-2/h4-5,10H,3,6-9H2,1-2H3. The Morgan fingerprint density at radius 3 is 2.94 bits per heavy atom. The van der Waals surface area contributed by atoms with Gasteiger partial charge in [-0.15, -0.1) is 0 Å². The van der Waals surface area contributed by atoms with Crippen molar-refractivity contribution < 1.29 is 9.53 Å². The molecule has 0 atom stereocenters. The van der Waals surface area contributed by atoms with Gasteiger partial charge in [0, 0.05) is 32.4 Å². The van der Waals surface area contributed by atoms with E-state index >= 15 is 0 Å². The molecule has 3 nitrogen and oxygen atoms in total. The van der Waals surface area contributed by atoms with Crippen molar-refractivity contribution in [1.82, 2.24) is 0 Å². The highest BCUT2D eigenvalue weighted by Crippen LogP contribution is 2.28. The number of aryl methyl sites for hydroxylation is 2. The van der Waals surface area contributed by atoms with Crippen molar-refractivity contribution >= 4 is 11.6 Å². The fourth-order valence-corrected chi connectivity index (χ4v) is 2.26. The average Bonchev–Trinajstić information content (AvgIpc) is 2.32. The quantitative estimate of drug-likeness (QED) is 0.747. The molecular weight excluding hydrogens is 214 g/mol. The minimum Gasteiger partial charge on any atom is -0.385 e. The second kappa shape index (κ2) is 5.32. The second-order valence-electron chi connectivity index (χ2n) is 4.52. The molecule has 0 aromatic heterocycles. The summed E-state index contributed by atoms with van der Waals surface area (Å²) >= 11 is 0. The van der Waals surface area contributed by atoms with Crippen molar-refractivity contribution in [3.05, 3.63) is 29.3 Å². The van der Waals surface area contributed by atoms with Crippen LogP contribution in [0, 0.1) is 6.92 Å². The van der Waals surface area contributed by atoms with Crippen molar-refractivity contribution in [2.75, 3.05) is 25.2 Å². The van der Waals surface area contributed by atoms with Gasteiger partial charge in [-0.25, -0.2) is 0 Å². The minimum atomic E-state index is 0.235. The highest BCUT2D eigenvalue weighted by molar-refractivity contribution is 5.96. The summed E-state index contributed by atoms with van der Waals surface area (Å²) in [6, 6.07) is 6.36. The number of hydrogen-bond acceptors (Lipinski definition) is 2. The largest absolute Gasteiger partial charge is 0.385 e. The molecule has 0 bridgehead atoms. The fourth-order valence-electron chi connectivity index (χ4n) is 2.26. The average molecular weight is 233 g/mol. The predicted octanol–water partition coefficient (Wildman–Crippen LogP) is 2.31. The van der Waals surface area contributed by atoms with E-state index in [1.165, 1.54) is 11.1 Å². The highest BCUT2D eigenvalue weighted by Gasteiger charge is 2.23. The molecule has 1 aliphatic heterocycles. The molecule has 0 aliphatic carbocycles. The van der Waals surface area contributed by atoms with Crippen LogP contribution in [-0.4, -0.2) is 26.2 Å². The van der Waals surface area contributed by atoms with Gasteiger partial charge in [-0.2, -0.15) is 0 Å². The molecule has 0 N–H and O–H groups in total. The van der Waals surface area contributed by atoms with Gasteiger partial charge < -0.3 is 9.64 Å². The monoisotopic (exact) mass is 233 g/mol.